The van der Waals surface area contributed by atoms with Crippen molar-refractivity contribution >= 4 is 23.3 Å². The first kappa shape index (κ1) is 18.9. The summed E-state index contributed by atoms with van der Waals surface area (Å²) in [6, 6.07) is 3.30. The zero-order valence-corrected chi connectivity index (χ0v) is 16.0. The largest absolute Gasteiger partial charge is 0.338 e. The Morgan fingerprint density at radius 3 is 2.73 bits per heavy atom. The summed E-state index contributed by atoms with van der Waals surface area (Å²) in [7, 11) is 0. The molecule has 7 nitrogen and oxygen atoms in total. The molecule has 1 aliphatic heterocycles. The predicted molar refractivity (Wildman–Crippen MR) is 100 cm³/mol. The lowest BCUT2D eigenvalue weighted by molar-refractivity contribution is -0.385. The van der Waals surface area contributed by atoms with Crippen LogP contribution in [0.1, 0.15) is 30.9 Å². The second-order valence-corrected chi connectivity index (χ2v) is 7.81. The molecule has 1 N–H and O–H groups in total. The number of hydrogen-bond acceptors (Lipinski definition) is 4. The van der Waals surface area contributed by atoms with Crippen LogP contribution in [-0.2, 0) is 6.54 Å². The van der Waals surface area contributed by atoms with E-state index in [1.807, 2.05) is 11.8 Å². The number of piperazine rings is 1. The maximum absolute atomic E-state index is 12.3. The average molecular weight is 381 g/mol. The van der Waals surface area contributed by atoms with Gasteiger partial charge in [0.2, 0.25) is 0 Å². The number of urea groups is 1. The first-order chi connectivity index (χ1) is 12.3. The zero-order valence-electron chi connectivity index (χ0n) is 15.2. The highest BCUT2D eigenvalue weighted by molar-refractivity contribution is 6.30. The van der Waals surface area contributed by atoms with E-state index >= 15 is 0 Å². The van der Waals surface area contributed by atoms with E-state index in [-0.39, 0.29) is 17.8 Å². The van der Waals surface area contributed by atoms with Crippen molar-refractivity contribution in [1.29, 1.82) is 0 Å². The Morgan fingerprint density at radius 2 is 2.12 bits per heavy atom. The van der Waals surface area contributed by atoms with Gasteiger partial charge in [-0.3, -0.25) is 15.0 Å². The fourth-order valence-electron chi connectivity index (χ4n) is 3.45. The van der Waals surface area contributed by atoms with Gasteiger partial charge in [0.25, 0.3) is 5.69 Å². The number of nitro groups is 1. The van der Waals surface area contributed by atoms with Gasteiger partial charge in [-0.2, -0.15) is 0 Å². The number of benzene rings is 1. The lowest BCUT2D eigenvalue weighted by Crippen LogP contribution is -2.56. The molecule has 1 aromatic rings. The van der Waals surface area contributed by atoms with Gasteiger partial charge in [0.1, 0.15) is 0 Å². The number of rotatable bonds is 5. The number of nitro benzene ring substituents is 1. The number of carbonyl (C=O) groups excluding carboxylic acids is 1. The molecule has 0 radical (unpaired) electrons. The summed E-state index contributed by atoms with van der Waals surface area (Å²) in [6.07, 6.45) is 2.43. The number of nitrogens with one attached hydrogen (secondary N) is 1. The van der Waals surface area contributed by atoms with Gasteiger partial charge in [0.15, 0.2) is 0 Å². The molecule has 1 aromatic carbocycles. The minimum atomic E-state index is -0.393. The highest BCUT2D eigenvalue weighted by Gasteiger charge is 2.29. The summed E-state index contributed by atoms with van der Waals surface area (Å²) in [5.74, 6) is 0.664. The van der Waals surface area contributed by atoms with E-state index < -0.39 is 4.92 Å². The zero-order chi connectivity index (χ0) is 18.8. The molecule has 1 saturated carbocycles. The van der Waals surface area contributed by atoms with Crippen LogP contribution in [0.2, 0.25) is 5.02 Å². The van der Waals surface area contributed by atoms with Crippen LogP contribution >= 0.6 is 11.6 Å². The van der Waals surface area contributed by atoms with Crippen molar-refractivity contribution in [3.8, 4) is 0 Å². The molecule has 1 unspecified atom stereocenters. The summed E-state index contributed by atoms with van der Waals surface area (Å²) >= 11 is 6.06. The molecule has 2 amide bonds. The lowest BCUT2D eigenvalue weighted by Gasteiger charge is -2.40. The Balaban J connectivity index is 1.60. The predicted octanol–water partition coefficient (Wildman–Crippen LogP) is 3.18. The smallest absolute Gasteiger partial charge is 0.317 e. The minimum Gasteiger partial charge on any atom is -0.338 e. The molecule has 142 valence electrons. The Morgan fingerprint density at radius 1 is 1.38 bits per heavy atom. The van der Waals surface area contributed by atoms with E-state index in [0.717, 1.165) is 25.2 Å². The van der Waals surface area contributed by atoms with Gasteiger partial charge in [0.05, 0.1) is 4.92 Å². The fourth-order valence-corrected chi connectivity index (χ4v) is 3.68. The Bertz CT molecular complexity index is 708. The third kappa shape index (κ3) is 4.45. The van der Waals surface area contributed by atoms with Crippen LogP contribution in [0.25, 0.3) is 0 Å². The molecule has 1 heterocycles. The molecule has 0 aromatic heterocycles. The van der Waals surface area contributed by atoms with Crippen LogP contribution < -0.4 is 5.32 Å². The van der Waals surface area contributed by atoms with Crippen molar-refractivity contribution in [1.82, 2.24) is 15.1 Å². The topological polar surface area (TPSA) is 78.7 Å². The molecule has 0 spiro atoms. The van der Waals surface area contributed by atoms with Crippen LogP contribution in [0.3, 0.4) is 0 Å². The summed E-state index contributed by atoms with van der Waals surface area (Å²) < 4.78 is 0. The van der Waals surface area contributed by atoms with Gasteiger partial charge in [-0.25, -0.2) is 4.79 Å². The molecule has 26 heavy (non-hydrogen) atoms. The highest BCUT2D eigenvalue weighted by atomic mass is 35.5. The van der Waals surface area contributed by atoms with E-state index in [1.165, 1.54) is 18.9 Å². The van der Waals surface area contributed by atoms with E-state index in [1.54, 1.807) is 13.0 Å². The molecule has 1 atom stereocenters. The molecular formula is C18H25ClN4O3. The van der Waals surface area contributed by atoms with E-state index in [4.69, 9.17) is 11.6 Å². The van der Waals surface area contributed by atoms with Crippen molar-refractivity contribution in [2.75, 3.05) is 26.2 Å². The van der Waals surface area contributed by atoms with Gasteiger partial charge in [0, 0.05) is 55.4 Å². The van der Waals surface area contributed by atoms with Gasteiger partial charge >= 0.3 is 6.03 Å². The molecule has 1 saturated heterocycles. The van der Waals surface area contributed by atoms with Crippen LogP contribution in [0, 0.1) is 23.0 Å². The third-order valence-corrected chi connectivity index (χ3v) is 5.47. The summed E-state index contributed by atoms with van der Waals surface area (Å²) in [6.45, 7) is 7.29. The van der Waals surface area contributed by atoms with Gasteiger partial charge in [-0.1, -0.05) is 11.6 Å². The van der Waals surface area contributed by atoms with Crippen molar-refractivity contribution < 1.29 is 9.72 Å². The standard InChI is InChI=1S/C18H25ClN4O3/c1-12-10-21(5-6-22(12)18(24)20-9-14-3-4-14)11-15-7-16(19)8-17(13(15)2)23(25)26/h7-8,12,14H,3-6,9-11H2,1-2H3,(H,20,24). The molecule has 0 bridgehead atoms. The minimum absolute atomic E-state index is 0.0126. The first-order valence-corrected chi connectivity index (χ1v) is 9.43. The van der Waals surface area contributed by atoms with Crippen molar-refractivity contribution in [2.24, 2.45) is 5.92 Å². The number of amides is 2. The van der Waals surface area contributed by atoms with Gasteiger partial charge < -0.3 is 10.2 Å². The Hall–Kier alpha value is -1.86. The average Bonchev–Trinajstić information content (AvgIpc) is 3.40. The number of halogens is 1. The lowest BCUT2D eigenvalue weighted by atomic mass is 10.1. The number of carbonyl (C=O) groups is 1. The van der Waals surface area contributed by atoms with Crippen LogP contribution in [0.5, 0.6) is 0 Å². The SMILES string of the molecule is Cc1c(CN2CCN(C(=O)NCC3CC3)C(C)C2)cc(Cl)cc1[N+](=O)[O-]. The second kappa shape index (κ2) is 7.80. The molecule has 8 heteroatoms. The molecule has 3 rings (SSSR count). The maximum Gasteiger partial charge on any atom is 0.317 e. The van der Waals surface area contributed by atoms with E-state index in [9.17, 15) is 14.9 Å². The summed E-state index contributed by atoms with van der Waals surface area (Å²) in [5.41, 5.74) is 1.57. The van der Waals surface area contributed by atoms with Crippen molar-refractivity contribution in [2.45, 2.75) is 39.3 Å². The number of nitrogens with zero attached hydrogens (tertiary/aromatic N) is 3. The van der Waals surface area contributed by atoms with Crippen molar-refractivity contribution in [3.05, 3.63) is 38.4 Å². The third-order valence-electron chi connectivity index (χ3n) is 5.25. The fraction of sp³-hybridized carbons (Fsp3) is 0.611. The summed E-state index contributed by atoms with van der Waals surface area (Å²) in [4.78, 5) is 27.2. The summed E-state index contributed by atoms with van der Waals surface area (Å²) in [5, 5.41) is 14.6. The molecule has 1 aliphatic carbocycles. The highest BCUT2D eigenvalue weighted by Crippen LogP contribution is 2.29. The van der Waals surface area contributed by atoms with Gasteiger partial charge in [-0.05, 0) is 44.2 Å². The molecule has 2 aliphatic rings. The van der Waals surface area contributed by atoms with Crippen LogP contribution in [0.4, 0.5) is 10.5 Å². The monoisotopic (exact) mass is 380 g/mol. The van der Waals surface area contributed by atoms with E-state index in [0.29, 0.717) is 29.6 Å². The Kier molecular flexibility index (Phi) is 5.67. The van der Waals surface area contributed by atoms with Crippen molar-refractivity contribution in [3.63, 3.8) is 0 Å². The maximum atomic E-state index is 12.3. The number of hydrogen-bond donors (Lipinski definition) is 1. The van der Waals surface area contributed by atoms with Crippen LogP contribution in [0.15, 0.2) is 12.1 Å². The molecular weight excluding hydrogens is 356 g/mol. The first-order valence-electron chi connectivity index (χ1n) is 9.05. The van der Waals surface area contributed by atoms with Gasteiger partial charge in [-0.15, -0.1) is 0 Å². The van der Waals surface area contributed by atoms with E-state index in [2.05, 4.69) is 10.2 Å². The normalized spacial score (nSPS) is 20.9. The molecule has 2 fully saturated rings. The second-order valence-electron chi connectivity index (χ2n) is 7.37. The van der Waals surface area contributed by atoms with Crippen LogP contribution in [-0.4, -0.2) is 53.0 Å². The Labute approximate surface area is 158 Å². The quantitative estimate of drug-likeness (QED) is 0.628.